The SMILES string of the molecule is Cc1ccccc1Nc1nc(N)nc(C[NH+]2CCc3sccc3[C@H]2C2CC2)n1. The normalized spacial score (nSPS) is 21.3. The topological polar surface area (TPSA) is 81.2 Å². The maximum atomic E-state index is 6.01. The van der Waals surface area contributed by atoms with E-state index in [9.17, 15) is 0 Å². The molecule has 2 aliphatic rings. The van der Waals surface area contributed by atoms with Crippen molar-refractivity contribution >= 4 is 28.9 Å². The van der Waals surface area contributed by atoms with Crippen LogP contribution in [0.1, 0.15) is 40.7 Å². The molecule has 0 bridgehead atoms. The number of benzene rings is 1. The predicted octanol–water partition coefficient (Wildman–Crippen LogP) is 2.66. The van der Waals surface area contributed by atoms with Crippen LogP contribution in [-0.2, 0) is 13.0 Å². The highest BCUT2D eigenvalue weighted by atomic mass is 32.1. The lowest BCUT2D eigenvalue weighted by Crippen LogP contribution is -3.12. The van der Waals surface area contributed by atoms with Gasteiger partial charge in [0.05, 0.1) is 6.54 Å². The molecular weight excluding hydrogens is 368 g/mol. The van der Waals surface area contributed by atoms with Crippen LogP contribution in [0.15, 0.2) is 35.7 Å². The smallest absolute Gasteiger partial charge is 0.232 e. The standard InChI is InChI=1S/C21H24N6S/c1-13-4-2-3-5-16(13)23-21-25-18(24-20(22)26-21)12-27-10-8-17-15(9-11-28-17)19(27)14-6-7-14/h2-5,9,11,14,19H,6-8,10,12H2,1H3,(H3,22,23,24,25,26)/p+1/t19-/m1/s1. The second kappa shape index (κ2) is 7.14. The van der Waals surface area contributed by atoms with Crippen molar-refractivity contribution in [3.63, 3.8) is 0 Å². The molecule has 1 aliphatic carbocycles. The molecule has 1 saturated carbocycles. The van der Waals surface area contributed by atoms with Gasteiger partial charge in [0.2, 0.25) is 11.9 Å². The van der Waals surface area contributed by atoms with Crippen LogP contribution in [0.5, 0.6) is 0 Å². The van der Waals surface area contributed by atoms with E-state index >= 15 is 0 Å². The molecule has 6 nitrogen and oxygen atoms in total. The lowest BCUT2D eigenvalue weighted by atomic mass is 9.96. The van der Waals surface area contributed by atoms with Crippen LogP contribution in [0.25, 0.3) is 0 Å². The summed E-state index contributed by atoms with van der Waals surface area (Å²) in [5, 5.41) is 5.54. The van der Waals surface area contributed by atoms with Crippen molar-refractivity contribution in [3.8, 4) is 0 Å². The average molecular weight is 394 g/mol. The molecule has 0 saturated heterocycles. The number of thiophene rings is 1. The van der Waals surface area contributed by atoms with Gasteiger partial charge in [0.15, 0.2) is 5.82 Å². The van der Waals surface area contributed by atoms with E-state index < -0.39 is 0 Å². The number of nitrogens with one attached hydrogen (secondary N) is 2. The van der Waals surface area contributed by atoms with Gasteiger partial charge in [-0.1, -0.05) is 18.2 Å². The number of nitrogen functional groups attached to an aromatic ring is 1. The highest BCUT2D eigenvalue weighted by Crippen LogP contribution is 2.42. The number of hydrogen-bond donors (Lipinski definition) is 3. The van der Waals surface area contributed by atoms with E-state index in [4.69, 9.17) is 10.7 Å². The van der Waals surface area contributed by atoms with Gasteiger partial charge in [0.1, 0.15) is 12.6 Å². The summed E-state index contributed by atoms with van der Waals surface area (Å²) >= 11 is 1.91. The maximum absolute atomic E-state index is 6.01. The fourth-order valence-corrected chi connectivity index (χ4v) is 5.24. The van der Waals surface area contributed by atoms with E-state index in [-0.39, 0.29) is 5.95 Å². The van der Waals surface area contributed by atoms with Gasteiger partial charge in [0, 0.05) is 28.5 Å². The molecule has 2 aromatic heterocycles. The summed E-state index contributed by atoms with van der Waals surface area (Å²) in [5.41, 5.74) is 9.69. The van der Waals surface area contributed by atoms with Crippen molar-refractivity contribution in [3.05, 3.63) is 57.5 Å². The lowest BCUT2D eigenvalue weighted by molar-refractivity contribution is -0.950. The van der Waals surface area contributed by atoms with Crippen LogP contribution >= 0.6 is 11.3 Å². The summed E-state index contributed by atoms with van der Waals surface area (Å²) in [5.74, 6) is 2.36. The molecule has 5 rings (SSSR count). The molecule has 0 radical (unpaired) electrons. The number of hydrogen-bond acceptors (Lipinski definition) is 6. The van der Waals surface area contributed by atoms with Crippen LogP contribution in [0, 0.1) is 12.8 Å². The summed E-state index contributed by atoms with van der Waals surface area (Å²) in [7, 11) is 0. The van der Waals surface area contributed by atoms with Gasteiger partial charge in [-0.15, -0.1) is 11.3 Å². The Hall–Kier alpha value is -2.51. The summed E-state index contributed by atoms with van der Waals surface area (Å²) in [6, 6.07) is 11.0. The summed E-state index contributed by atoms with van der Waals surface area (Å²) in [6.07, 6.45) is 3.81. The number of aromatic nitrogens is 3. The third-order valence-corrected chi connectivity index (χ3v) is 6.79. The zero-order valence-electron chi connectivity index (χ0n) is 16.0. The number of quaternary nitrogens is 1. The van der Waals surface area contributed by atoms with Gasteiger partial charge >= 0.3 is 0 Å². The molecular formula is C21H25N6S+. The Bertz CT molecular complexity index is 996. The fourth-order valence-electron chi connectivity index (χ4n) is 4.31. The predicted molar refractivity (Wildman–Crippen MR) is 112 cm³/mol. The van der Waals surface area contributed by atoms with Crippen molar-refractivity contribution in [2.45, 2.75) is 38.8 Å². The second-order valence-electron chi connectivity index (χ2n) is 7.82. The first-order valence-corrected chi connectivity index (χ1v) is 10.8. The monoisotopic (exact) mass is 393 g/mol. The van der Waals surface area contributed by atoms with Gasteiger partial charge in [0.25, 0.3) is 0 Å². The molecule has 1 unspecified atom stereocenters. The van der Waals surface area contributed by atoms with E-state index in [1.165, 1.54) is 12.8 Å². The average Bonchev–Trinajstić information content (AvgIpc) is 3.39. The summed E-state index contributed by atoms with van der Waals surface area (Å²) in [6.45, 7) is 3.97. The van der Waals surface area contributed by atoms with Crippen LogP contribution in [0.3, 0.4) is 0 Å². The molecule has 1 fully saturated rings. The first kappa shape index (κ1) is 17.6. The van der Waals surface area contributed by atoms with Crippen molar-refractivity contribution in [1.82, 2.24) is 15.0 Å². The Labute approximate surface area is 168 Å². The molecule has 144 valence electrons. The first-order valence-electron chi connectivity index (χ1n) is 9.91. The molecule has 28 heavy (non-hydrogen) atoms. The Morgan fingerprint density at radius 2 is 2.04 bits per heavy atom. The number of fused-ring (bicyclic) bond motifs is 1. The Kier molecular flexibility index (Phi) is 4.49. The lowest BCUT2D eigenvalue weighted by Gasteiger charge is -2.32. The van der Waals surface area contributed by atoms with Gasteiger partial charge < -0.3 is 16.0 Å². The molecule has 2 atom stereocenters. The molecule has 4 N–H and O–H groups in total. The van der Waals surface area contributed by atoms with Crippen molar-refractivity contribution in [2.24, 2.45) is 5.92 Å². The molecule has 0 spiro atoms. The maximum Gasteiger partial charge on any atom is 0.232 e. The Balaban J connectivity index is 1.39. The first-order chi connectivity index (χ1) is 13.7. The number of nitrogens with zero attached hydrogens (tertiary/aromatic N) is 3. The summed E-state index contributed by atoms with van der Waals surface area (Å²) < 4.78 is 0. The largest absolute Gasteiger partial charge is 0.368 e. The number of nitrogens with two attached hydrogens (primary N) is 1. The zero-order chi connectivity index (χ0) is 19.1. The van der Waals surface area contributed by atoms with Gasteiger partial charge in [-0.25, -0.2) is 0 Å². The van der Waals surface area contributed by atoms with Crippen LogP contribution in [0.2, 0.25) is 0 Å². The van der Waals surface area contributed by atoms with Gasteiger partial charge in [-0.3, -0.25) is 0 Å². The van der Waals surface area contributed by atoms with E-state index in [2.05, 4.69) is 39.7 Å². The van der Waals surface area contributed by atoms with E-state index in [1.807, 2.05) is 29.5 Å². The molecule has 1 aliphatic heterocycles. The van der Waals surface area contributed by atoms with E-state index in [0.717, 1.165) is 42.5 Å². The zero-order valence-corrected chi connectivity index (χ0v) is 16.8. The molecule has 1 aromatic carbocycles. The number of rotatable bonds is 5. The molecule has 7 heteroatoms. The van der Waals surface area contributed by atoms with Crippen LogP contribution in [0.4, 0.5) is 17.6 Å². The van der Waals surface area contributed by atoms with Gasteiger partial charge in [-0.05, 0) is 42.8 Å². The highest BCUT2D eigenvalue weighted by molar-refractivity contribution is 7.10. The quantitative estimate of drug-likeness (QED) is 0.621. The molecule has 0 amide bonds. The second-order valence-corrected chi connectivity index (χ2v) is 8.82. The van der Waals surface area contributed by atoms with Crippen molar-refractivity contribution in [1.29, 1.82) is 0 Å². The van der Waals surface area contributed by atoms with Gasteiger partial charge in [-0.2, -0.15) is 15.0 Å². The number of para-hydroxylation sites is 1. The van der Waals surface area contributed by atoms with E-state index in [0.29, 0.717) is 12.0 Å². The highest BCUT2D eigenvalue weighted by Gasteiger charge is 2.43. The van der Waals surface area contributed by atoms with Crippen molar-refractivity contribution < 1.29 is 4.90 Å². The number of aryl methyl sites for hydroxylation is 1. The van der Waals surface area contributed by atoms with E-state index in [1.54, 1.807) is 15.3 Å². The fraction of sp³-hybridized carbons (Fsp3) is 0.381. The minimum Gasteiger partial charge on any atom is -0.368 e. The third kappa shape index (κ3) is 3.47. The Morgan fingerprint density at radius 1 is 1.18 bits per heavy atom. The molecule has 3 heterocycles. The van der Waals surface area contributed by atoms with Crippen molar-refractivity contribution in [2.75, 3.05) is 17.6 Å². The molecule has 3 aromatic rings. The minimum absolute atomic E-state index is 0.275. The minimum atomic E-state index is 0.275. The Morgan fingerprint density at radius 3 is 2.86 bits per heavy atom. The van der Waals surface area contributed by atoms with Crippen LogP contribution in [-0.4, -0.2) is 21.5 Å². The summed E-state index contributed by atoms with van der Waals surface area (Å²) in [4.78, 5) is 16.6. The number of anilines is 3. The third-order valence-electron chi connectivity index (χ3n) is 5.80. The van der Waals surface area contributed by atoms with Crippen LogP contribution < -0.4 is 16.0 Å².